The fraction of sp³-hybridized carbons (Fsp3) is 0.143. The van der Waals surface area contributed by atoms with Crippen molar-refractivity contribution in [3.63, 3.8) is 0 Å². The summed E-state index contributed by atoms with van der Waals surface area (Å²) in [6.07, 6.45) is 6.02. The van der Waals surface area contributed by atoms with Crippen molar-refractivity contribution in [3.05, 3.63) is 24.3 Å². The predicted octanol–water partition coefficient (Wildman–Crippen LogP) is -0.543. The second-order valence-corrected chi connectivity index (χ2v) is 1.85. The van der Waals surface area contributed by atoms with E-state index >= 15 is 0 Å². The zero-order valence-corrected chi connectivity index (χ0v) is 9.40. The van der Waals surface area contributed by atoms with E-state index in [9.17, 15) is 9.59 Å². The minimum atomic E-state index is -0.502. The molecule has 0 aliphatic carbocycles. The number of primary amides is 2. The Morgan fingerprint density at radius 2 is 1.33 bits per heavy atom. The number of allylic oxidation sites excluding steroid dienone is 2. The first-order valence-electron chi connectivity index (χ1n) is 3.05. The third-order valence-electron chi connectivity index (χ3n) is 0.836. The molecule has 0 rings (SSSR count). The molecule has 5 heteroatoms. The number of hydrogen-bond acceptors (Lipinski definition) is 2. The molecule has 0 aromatic rings. The summed E-state index contributed by atoms with van der Waals surface area (Å²) in [7, 11) is 0. The van der Waals surface area contributed by atoms with Gasteiger partial charge < -0.3 is 11.5 Å². The third-order valence-corrected chi connectivity index (χ3v) is 0.836. The van der Waals surface area contributed by atoms with Crippen LogP contribution in [0.2, 0.25) is 0 Å². The van der Waals surface area contributed by atoms with E-state index in [0.29, 0.717) is 6.42 Å². The third kappa shape index (κ3) is 12.2. The normalized spacial score (nSPS) is 10.0. The second-order valence-electron chi connectivity index (χ2n) is 1.85. The first kappa shape index (κ1) is 14.1. The van der Waals surface area contributed by atoms with Gasteiger partial charge in [-0.25, -0.2) is 0 Å². The Labute approximate surface area is 95.9 Å². The van der Waals surface area contributed by atoms with Crippen molar-refractivity contribution < 1.29 is 42.3 Å². The van der Waals surface area contributed by atoms with Crippen molar-refractivity contribution in [1.29, 1.82) is 0 Å². The van der Waals surface area contributed by atoms with Crippen LogP contribution in [0.3, 0.4) is 0 Å². The van der Waals surface area contributed by atoms with Crippen LogP contribution in [-0.4, -0.2) is 11.8 Å². The summed E-state index contributed by atoms with van der Waals surface area (Å²) in [4.78, 5) is 20.2. The van der Waals surface area contributed by atoms with Crippen molar-refractivity contribution in [2.75, 3.05) is 0 Å². The fourth-order valence-electron chi connectivity index (χ4n) is 0.447. The molecule has 12 heavy (non-hydrogen) atoms. The van der Waals surface area contributed by atoms with Gasteiger partial charge in [0.1, 0.15) is 0 Å². The Balaban J connectivity index is 0. The summed E-state index contributed by atoms with van der Waals surface area (Å²) < 4.78 is 0. The zero-order valence-electron chi connectivity index (χ0n) is 6.57. The Morgan fingerprint density at radius 1 is 1.00 bits per heavy atom. The van der Waals surface area contributed by atoms with Gasteiger partial charge in [-0.2, -0.15) is 0 Å². The molecule has 63 valence electrons. The van der Waals surface area contributed by atoms with Gasteiger partial charge in [-0.1, -0.05) is 12.2 Å². The van der Waals surface area contributed by atoms with Gasteiger partial charge in [0, 0.05) is 32.7 Å². The standard InChI is InChI=1S/C7H10N2O2.Y/c8-6(10)4-2-1-3-5-7(9)11;/h2-5H,1H2,(H2,8,10)(H2,9,11);. The van der Waals surface area contributed by atoms with Crippen LogP contribution in [0.1, 0.15) is 6.42 Å². The SMILES string of the molecule is NC(=O)C=CCC=CC(N)=O.[Y]. The van der Waals surface area contributed by atoms with E-state index < -0.39 is 11.8 Å². The van der Waals surface area contributed by atoms with Crippen molar-refractivity contribution in [2.24, 2.45) is 11.5 Å². The van der Waals surface area contributed by atoms with Gasteiger partial charge in [0.25, 0.3) is 0 Å². The average Bonchev–Trinajstić information content (AvgIpc) is 1.85. The topological polar surface area (TPSA) is 86.2 Å². The number of nitrogens with two attached hydrogens (primary N) is 2. The largest absolute Gasteiger partial charge is 0.366 e. The van der Waals surface area contributed by atoms with Crippen molar-refractivity contribution in [2.45, 2.75) is 6.42 Å². The smallest absolute Gasteiger partial charge is 0.241 e. The number of amides is 2. The fourth-order valence-corrected chi connectivity index (χ4v) is 0.447. The van der Waals surface area contributed by atoms with E-state index in [1.807, 2.05) is 0 Å². The Hall–Kier alpha value is -0.476. The van der Waals surface area contributed by atoms with Crippen LogP contribution in [-0.2, 0) is 42.3 Å². The van der Waals surface area contributed by atoms with Gasteiger partial charge in [0.2, 0.25) is 11.8 Å². The summed E-state index contributed by atoms with van der Waals surface area (Å²) >= 11 is 0. The molecule has 4 N–H and O–H groups in total. The number of rotatable bonds is 4. The minimum Gasteiger partial charge on any atom is -0.366 e. The predicted molar refractivity (Wildman–Crippen MR) is 41.3 cm³/mol. The molecule has 4 nitrogen and oxygen atoms in total. The van der Waals surface area contributed by atoms with E-state index in [-0.39, 0.29) is 32.7 Å². The van der Waals surface area contributed by atoms with E-state index in [0.717, 1.165) is 0 Å². The number of carbonyl (C=O) groups is 2. The van der Waals surface area contributed by atoms with E-state index in [1.165, 1.54) is 12.2 Å². The molecule has 0 aromatic carbocycles. The van der Waals surface area contributed by atoms with Crippen LogP contribution >= 0.6 is 0 Å². The summed E-state index contributed by atoms with van der Waals surface area (Å²) in [5.74, 6) is -1.00. The molecule has 0 unspecified atom stereocenters. The molecule has 0 heterocycles. The van der Waals surface area contributed by atoms with Gasteiger partial charge in [-0.3, -0.25) is 9.59 Å². The van der Waals surface area contributed by atoms with Crippen LogP contribution in [0.25, 0.3) is 0 Å². The molecule has 0 saturated carbocycles. The Morgan fingerprint density at radius 3 is 1.58 bits per heavy atom. The first-order valence-corrected chi connectivity index (χ1v) is 3.05. The maximum Gasteiger partial charge on any atom is 0.241 e. The molecular weight excluding hydrogens is 233 g/mol. The quantitative estimate of drug-likeness (QED) is 0.649. The van der Waals surface area contributed by atoms with Crippen molar-refractivity contribution in [3.8, 4) is 0 Å². The molecule has 0 atom stereocenters. The summed E-state index contributed by atoms with van der Waals surface area (Å²) in [5.41, 5.74) is 9.59. The van der Waals surface area contributed by atoms with Crippen molar-refractivity contribution in [1.82, 2.24) is 0 Å². The monoisotopic (exact) mass is 243 g/mol. The van der Waals surface area contributed by atoms with Crippen LogP contribution in [0.5, 0.6) is 0 Å². The van der Waals surface area contributed by atoms with Crippen LogP contribution < -0.4 is 11.5 Å². The number of hydrogen-bond donors (Lipinski definition) is 2. The second kappa shape index (κ2) is 8.62. The maximum atomic E-state index is 10.1. The van der Waals surface area contributed by atoms with Crippen LogP contribution in [0, 0.1) is 0 Å². The van der Waals surface area contributed by atoms with E-state index in [1.54, 1.807) is 12.2 Å². The van der Waals surface area contributed by atoms with Gasteiger partial charge in [0.05, 0.1) is 0 Å². The molecule has 0 bridgehead atoms. The van der Waals surface area contributed by atoms with Crippen molar-refractivity contribution >= 4 is 11.8 Å². The number of carbonyl (C=O) groups excluding carboxylic acids is 2. The average molecular weight is 243 g/mol. The van der Waals surface area contributed by atoms with E-state index in [4.69, 9.17) is 11.5 Å². The molecule has 0 aromatic heterocycles. The van der Waals surface area contributed by atoms with Gasteiger partial charge in [-0.05, 0) is 18.6 Å². The first-order chi connectivity index (χ1) is 5.13. The molecule has 1 radical (unpaired) electrons. The Bertz CT molecular complexity index is 189. The molecule has 0 fully saturated rings. The molecule has 0 spiro atoms. The molecular formula is C7H10N2O2Y. The van der Waals surface area contributed by atoms with Gasteiger partial charge in [0.15, 0.2) is 0 Å². The Kier molecular flexibility index (Phi) is 10.1. The molecule has 0 aliphatic heterocycles. The molecule has 0 saturated heterocycles. The summed E-state index contributed by atoms with van der Waals surface area (Å²) in [6.45, 7) is 0. The maximum absolute atomic E-state index is 10.1. The van der Waals surface area contributed by atoms with Crippen LogP contribution in [0.4, 0.5) is 0 Å². The summed E-state index contributed by atoms with van der Waals surface area (Å²) in [5, 5.41) is 0. The van der Waals surface area contributed by atoms with Gasteiger partial charge >= 0.3 is 0 Å². The molecule has 2 amide bonds. The van der Waals surface area contributed by atoms with E-state index in [2.05, 4.69) is 0 Å². The zero-order chi connectivity index (χ0) is 8.69. The summed E-state index contributed by atoms with van der Waals surface area (Å²) in [6, 6.07) is 0. The molecule has 0 aliphatic rings. The minimum absolute atomic E-state index is 0. The van der Waals surface area contributed by atoms with Gasteiger partial charge in [-0.15, -0.1) is 0 Å². The van der Waals surface area contributed by atoms with Crippen LogP contribution in [0.15, 0.2) is 24.3 Å².